The first-order valence-electron chi connectivity index (χ1n) is 5.64. The Morgan fingerprint density at radius 1 is 1.38 bits per heavy atom. The molecule has 0 radical (unpaired) electrons. The second-order valence-corrected chi connectivity index (χ2v) is 6.10. The quantitative estimate of drug-likeness (QED) is 0.888. The third-order valence-electron chi connectivity index (χ3n) is 3.91. The molecular formula is C13H18BrNO. The number of aliphatic hydroxyl groups excluding tert-OH is 1. The van der Waals surface area contributed by atoms with Crippen molar-refractivity contribution in [2.75, 3.05) is 11.9 Å². The standard InChI is InChI=1S/C13H18BrNO/c1-12(7-8-12)13(2,9-16)15-11-5-3-10(14)4-6-11/h3-6,15-16H,7-9H2,1-2H3. The summed E-state index contributed by atoms with van der Waals surface area (Å²) in [7, 11) is 0. The summed E-state index contributed by atoms with van der Waals surface area (Å²) in [6.45, 7) is 4.50. The van der Waals surface area contributed by atoms with E-state index in [2.05, 4.69) is 35.1 Å². The van der Waals surface area contributed by atoms with Crippen molar-refractivity contribution >= 4 is 21.6 Å². The first-order chi connectivity index (χ1) is 7.49. The van der Waals surface area contributed by atoms with Crippen LogP contribution in [0.4, 0.5) is 5.69 Å². The van der Waals surface area contributed by atoms with Crippen LogP contribution < -0.4 is 5.32 Å². The Bertz CT molecular complexity index is 372. The summed E-state index contributed by atoms with van der Waals surface area (Å²) in [5.74, 6) is 0. The highest BCUT2D eigenvalue weighted by Crippen LogP contribution is 2.54. The molecule has 2 N–H and O–H groups in total. The fourth-order valence-electron chi connectivity index (χ4n) is 1.97. The molecule has 3 heteroatoms. The van der Waals surface area contributed by atoms with Gasteiger partial charge < -0.3 is 10.4 Å². The zero-order valence-electron chi connectivity index (χ0n) is 9.76. The Hall–Kier alpha value is -0.540. The molecule has 16 heavy (non-hydrogen) atoms. The van der Waals surface area contributed by atoms with Gasteiger partial charge in [-0.05, 0) is 49.4 Å². The van der Waals surface area contributed by atoms with Gasteiger partial charge in [-0.15, -0.1) is 0 Å². The number of hydrogen-bond donors (Lipinski definition) is 2. The second-order valence-electron chi connectivity index (χ2n) is 5.18. The summed E-state index contributed by atoms with van der Waals surface area (Å²) in [5.41, 5.74) is 1.07. The van der Waals surface area contributed by atoms with Gasteiger partial charge in [0.05, 0.1) is 12.1 Å². The van der Waals surface area contributed by atoms with Gasteiger partial charge in [0.2, 0.25) is 0 Å². The van der Waals surface area contributed by atoms with E-state index in [1.807, 2.05) is 24.3 Å². The van der Waals surface area contributed by atoms with Crippen LogP contribution in [0.25, 0.3) is 0 Å². The molecule has 2 nitrogen and oxygen atoms in total. The van der Waals surface area contributed by atoms with Crippen LogP contribution in [0.1, 0.15) is 26.7 Å². The molecular weight excluding hydrogens is 266 g/mol. The van der Waals surface area contributed by atoms with Crippen LogP contribution in [0.15, 0.2) is 28.7 Å². The Morgan fingerprint density at radius 2 is 1.94 bits per heavy atom. The van der Waals surface area contributed by atoms with Crippen molar-refractivity contribution in [3.05, 3.63) is 28.7 Å². The van der Waals surface area contributed by atoms with Gasteiger partial charge in [-0.25, -0.2) is 0 Å². The van der Waals surface area contributed by atoms with Crippen LogP contribution in [0, 0.1) is 5.41 Å². The van der Waals surface area contributed by atoms with Gasteiger partial charge in [-0.2, -0.15) is 0 Å². The lowest BCUT2D eigenvalue weighted by molar-refractivity contribution is 0.167. The third kappa shape index (κ3) is 2.11. The minimum absolute atomic E-state index is 0.166. The topological polar surface area (TPSA) is 32.3 Å². The van der Waals surface area contributed by atoms with Gasteiger partial charge in [-0.3, -0.25) is 0 Å². The molecule has 1 saturated carbocycles. The molecule has 1 aliphatic carbocycles. The minimum Gasteiger partial charge on any atom is -0.394 e. The van der Waals surface area contributed by atoms with Gasteiger partial charge >= 0.3 is 0 Å². The average molecular weight is 284 g/mol. The van der Waals surface area contributed by atoms with Crippen LogP contribution in [-0.2, 0) is 0 Å². The van der Waals surface area contributed by atoms with E-state index in [-0.39, 0.29) is 17.6 Å². The Morgan fingerprint density at radius 3 is 2.38 bits per heavy atom. The van der Waals surface area contributed by atoms with Gasteiger partial charge in [0.1, 0.15) is 0 Å². The fourth-order valence-corrected chi connectivity index (χ4v) is 2.24. The Kier molecular flexibility index (Phi) is 3.01. The van der Waals surface area contributed by atoms with Crippen molar-refractivity contribution in [2.24, 2.45) is 5.41 Å². The Labute approximate surface area is 105 Å². The molecule has 1 atom stereocenters. The Balaban J connectivity index is 2.15. The zero-order chi connectivity index (χ0) is 11.8. The van der Waals surface area contributed by atoms with Crippen molar-refractivity contribution < 1.29 is 5.11 Å². The summed E-state index contributed by atoms with van der Waals surface area (Å²) in [4.78, 5) is 0. The van der Waals surface area contributed by atoms with Crippen molar-refractivity contribution in [3.8, 4) is 0 Å². The first kappa shape index (κ1) is 11.9. The van der Waals surface area contributed by atoms with Gasteiger partial charge in [0, 0.05) is 10.2 Å². The number of benzene rings is 1. The zero-order valence-corrected chi connectivity index (χ0v) is 11.3. The molecule has 0 aromatic heterocycles. The van der Waals surface area contributed by atoms with Crippen molar-refractivity contribution in [2.45, 2.75) is 32.2 Å². The van der Waals surface area contributed by atoms with E-state index in [9.17, 15) is 5.11 Å². The van der Waals surface area contributed by atoms with Crippen molar-refractivity contribution in [1.82, 2.24) is 0 Å². The number of anilines is 1. The lowest BCUT2D eigenvalue weighted by Gasteiger charge is -2.36. The third-order valence-corrected chi connectivity index (χ3v) is 4.44. The van der Waals surface area contributed by atoms with Crippen LogP contribution in [0.2, 0.25) is 0 Å². The van der Waals surface area contributed by atoms with Crippen LogP contribution in [0.5, 0.6) is 0 Å². The number of halogens is 1. The van der Waals surface area contributed by atoms with Crippen molar-refractivity contribution in [3.63, 3.8) is 0 Å². The largest absolute Gasteiger partial charge is 0.394 e. The number of aliphatic hydroxyl groups is 1. The van der Waals surface area contributed by atoms with Crippen LogP contribution in [0.3, 0.4) is 0 Å². The number of rotatable bonds is 4. The lowest BCUT2D eigenvalue weighted by atomic mass is 9.84. The minimum atomic E-state index is -0.221. The molecule has 1 aromatic carbocycles. The highest BCUT2D eigenvalue weighted by Gasteiger charge is 2.52. The van der Waals surface area contributed by atoms with Crippen LogP contribution >= 0.6 is 15.9 Å². The van der Waals surface area contributed by atoms with E-state index in [1.54, 1.807) is 0 Å². The molecule has 2 rings (SSSR count). The highest BCUT2D eigenvalue weighted by molar-refractivity contribution is 9.10. The van der Waals surface area contributed by atoms with E-state index in [1.165, 1.54) is 12.8 Å². The summed E-state index contributed by atoms with van der Waals surface area (Å²) in [6.07, 6.45) is 2.38. The summed E-state index contributed by atoms with van der Waals surface area (Å²) in [5, 5.41) is 13.1. The number of hydrogen-bond acceptors (Lipinski definition) is 2. The molecule has 0 aliphatic heterocycles. The molecule has 1 aromatic rings. The van der Waals surface area contributed by atoms with Crippen molar-refractivity contribution in [1.29, 1.82) is 0 Å². The molecule has 0 bridgehead atoms. The predicted octanol–water partition coefficient (Wildman–Crippen LogP) is 3.41. The second kappa shape index (κ2) is 4.04. The van der Waals surface area contributed by atoms with E-state index in [0.717, 1.165) is 10.2 Å². The summed E-state index contributed by atoms with van der Waals surface area (Å²) >= 11 is 3.42. The van der Waals surface area contributed by atoms with Crippen LogP contribution in [-0.4, -0.2) is 17.3 Å². The molecule has 0 amide bonds. The SMILES string of the molecule is CC1(C(C)(CO)Nc2ccc(Br)cc2)CC1. The highest BCUT2D eigenvalue weighted by atomic mass is 79.9. The maximum absolute atomic E-state index is 9.61. The van der Waals surface area contributed by atoms with Gasteiger partial charge in [0.15, 0.2) is 0 Å². The summed E-state index contributed by atoms with van der Waals surface area (Å²) in [6, 6.07) is 8.08. The monoisotopic (exact) mass is 283 g/mol. The molecule has 0 saturated heterocycles. The van der Waals surface area contributed by atoms with Gasteiger partial charge in [0.25, 0.3) is 0 Å². The fraction of sp³-hybridized carbons (Fsp3) is 0.538. The van der Waals surface area contributed by atoms with E-state index < -0.39 is 0 Å². The maximum Gasteiger partial charge on any atom is 0.0664 e. The van der Waals surface area contributed by atoms with Gasteiger partial charge in [-0.1, -0.05) is 22.9 Å². The lowest BCUT2D eigenvalue weighted by Crippen LogP contribution is -2.46. The molecule has 1 fully saturated rings. The van der Waals surface area contributed by atoms with E-state index in [4.69, 9.17) is 0 Å². The predicted molar refractivity (Wildman–Crippen MR) is 70.6 cm³/mol. The summed E-state index contributed by atoms with van der Waals surface area (Å²) < 4.78 is 1.07. The number of nitrogens with one attached hydrogen (secondary N) is 1. The molecule has 1 aliphatic rings. The molecule has 88 valence electrons. The van der Waals surface area contributed by atoms with E-state index in [0.29, 0.717) is 0 Å². The van der Waals surface area contributed by atoms with E-state index >= 15 is 0 Å². The first-order valence-corrected chi connectivity index (χ1v) is 6.43. The molecule has 0 spiro atoms. The normalized spacial score (nSPS) is 21.2. The molecule has 0 heterocycles. The maximum atomic E-state index is 9.61. The average Bonchev–Trinajstić information content (AvgIpc) is 3.01. The molecule has 1 unspecified atom stereocenters. The smallest absolute Gasteiger partial charge is 0.0664 e.